The van der Waals surface area contributed by atoms with Crippen LogP contribution in [0.5, 0.6) is 0 Å². The second-order valence-corrected chi connectivity index (χ2v) is 8.92. The van der Waals surface area contributed by atoms with Gasteiger partial charge in [0.25, 0.3) is 21.8 Å². The topological polar surface area (TPSA) is 74.8 Å². The van der Waals surface area contributed by atoms with E-state index < -0.39 is 15.9 Å². The Morgan fingerprint density at radius 1 is 1.20 bits per heavy atom. The lowest BCUT2D eigenvalue weighted by Gasteiger charge is -2.31. The second kappa shape index (κ2) is 5.83. The van der Waals surface area contributed by atoms with Crippen molar-refractivity contribution in [2.75, 3.05) is 13.1 Å². The van der Waals surface area contributed by atoms with Crippen LogP contribution in [0.1, 0.15) is 59.7 Å². The average Bonchev–Trinajstić information content (AvgIpc) is 3.12. The number of likely N-dealkylation sites (tertiary alicyclic amines) is 1. The zero-order valence-electron chi connectivity index (χ0n) is 14.3. The lowest BCUT2D eigenvalue weighted by molar-refractivity contribution is 0.0689. The molecule has 6 nitrogen and oxygen atoms in total. The average molecular weight is 362 g/mol. The number of benzene rings is 1. The summed E-state index contributed by atoms with van der Waals surface area (Å²) in [5.41, 5.74) is 0.523. The highest BCUT2D eigenvalue weighted by Gasteiger charge is 2.42. The van der Waals surface area contributed by atoms with Crippen molar-refractivity contribution in [3.8, 4) is 0 Å². The van der Waals surface area contributed by atoms with Crippen LogP contribution in [0.15, 0.2) is 23.1 Å². The zero-order chi connectivity index (χ0) is 17.8. The van der Waals surface area contributed by atoms with Crippen LogP contribution in [0, 0.1) is 5.92 Å². The SMILES string of the molecule is CCN1C(=O)c2ccc(C(=O)N3CCC4CCCCC43)cc2S1(=O)=O. The first kappa shape index (κ1) is 16.6. The van der Waals surface area contributed by atoms with Gasteiger partial charge in [-0.3, -0.25) is 9.59 Å². The van der Waals surface area contributed by atoms with Gasteiger partial charge in [0.2, 0.25) is 0 Å². The third kappa shape index (κ3) is 2.39. The number of rotatable bonds is 2. The van der Waals surface area contributed by atoms with Crippen LogP contribution in [-0.2, 0) is 10.0 Å². The molecule has 7 heteroatoms. The standard InChI is InChI=1S/C18H22N2O4S/c1-2-20-18(22)14-8-7-13(11-16(14)25(20,23)24)17(21)19-10-9-12-5-3-4-6-15(12)19/h7-8,11-12,15H,2-6,9-10H2,1H3. The van der Waals surface area contributed by atoms with E-state index in [-0.39, 0.29) is 29.0 Å². The van der Waals surface area contributed by atoms with Crippen molar-refractivity contribution < 1.29 is 18.0 Å². The summed E-state index contributed by atoms with van der Waals surface area (Å²) in [4.78, 5) is 27.1. The number of carbonyl (C=O) groups excluding carboxylic acids is 2. The Bertz CT molecular complexity index is 849. The van der Waals surface area contributed by atoms with E-state index in [4.69, 9.17) is 0 Å². The Balaban J connectivity index is 1.67. The maximum Gasteiger partial charge on any atom is 0.268 e. The number of amides is 2. The largest absolute Gasteiger partial charge is 0.335 e. The number of hydrogen-bond donors (Lipinski definition) is 0. The van der Waals surface area contributed by atoms with Crippen molar-refractivity contribution in [2.24, 2.45) is 5.92 Å². The van der Waals surface area contributed by atoms with Crippen LogP contribution >= 0.6 is 0 Å². The predicted octanol–water partition coefficient (Wildman–Crippen LogP) is 2.26. The first-order valence-corrected chi connectivity index (χ1v) is 10.4. The van der Waals surface area contributed by atoms with E-state index in [9.17, 15) is 18.0 Å². The number of nitrogens with zero attached hydrogens (tertiary/aromatic N) is 2. The molecule has 0 radical (unpaired) electrons. The highest BCUT2D eigenvalue weighted by Crippen LogP contribution is 2.37. The number of hydrogen-bond acceptors (Lipinski definition) is 4. The summed E-state index contributed by atoms with van der Waals surface area (Å²) in [5, 5.41) is 0. The maximum absolute atomic E-state index is 13.0. The van der Waals surface area contributed by atoms with Crippen LogP contribution in [-0.4, -0.2) is 48.6 Å². The number of carbonyl (C=O) groups is 2. The highest BCUT2D eigenvalue weighted by atomic mass is 32.2. The molecule has 0 N–H and O–H groups in total. The van der Waals surface area contributed by atoms with Gasteiger partial charge < -0.3 is 4.90 Å². The van der Waals surface area contributed by atoms with E-state index in [0.29, 0.717) is 11.5 Å². The van der Waals surface area contributed by atoms with Gasteiger partial charge in [-0.2, -0.15) is 0 Å². The third-order valence-electron chi connectivity index (χ3n) is 5.81. The molecule has 3 aliphatic rings. The molecule has 1 saturated carbocycles. The molecule has 1 aromatic carbocycles. The van der Waals surface area contributed by atoms with Crippen LogP contribution in [0.2, 0.25) is 0 Å². The van der Waals surface area contributed by atoms with E-state index in [0.717, 1.165) is 30.1 Å². The molecule has 1 saturated heterocycles. The van der Waals surface area contributed by atoms with Gasteiger partial charge >= 0.3 is 0 Å². The molecular formula is C18H22N2O4S. The fourth-order valence-corrected chi connectivity index (χ4v) is 6.15. The Labute approximate surface area is 147 Å². The van der Waals surface area contributed by atoms with Crippen LogP contribution in [0.4, 0.5) is 0 Å². The van der Waals surface area contributed by atoms with Crippen molar-refractivity contribution in [1.29, 1.82) is 0 Å². The molecule has 2 atom stereocenters. The fraction of sp³-hybridized carbons (Fsp3) is 0.556. The lowest BCUT2D eigenvalue weighted by atomic mass is 9.85. The van der Waals surface area contributed by atoms with Gasteiger partial charge in [0.15, 0.2) is 0 Å². The summed E-state index contributed by atoms with van der Waals surface area (Å²) < 4.78 is 25.9. The fourth-order valence-electron chi connectivity index (χ4n) is 4.55. The van der Waals surface area contributed by atoms with E-state index in [1.165, 1.54) is 25.0 Å². The molecule has 2 heterocycles. The highest BCUT2D eigenvalue weighted by molar-refractivity contribution is 7.90. The number of fused-ring (bicyclic) bond motifs is 2. The molecular weight excluding hydrogens is 340 g/mol. The van der Waals surface area contributed by atoms with E-state index in [2.05, 4.69) is 0 Å². The Morgan fingerprint density at radius 2 is 1.96 bits per heavy atom. The van der Waals surface area contributed by atoms with Gasteiger partial charge in [0.1, 0.15) is 4.90 Å². The van der Waals surface area contributed by atoms with Crippen LogP contribution in [0.25, 0.3) is 0 Å². The van der Waals surface area contributed by atoms with Crippen LogP contribution in [0.3, 0.4) is 0 Å². The second-order valence-electron chi connectivity index (χ2n) is 7.08. The van der Waals surface area contributed by atoms with Gasteiger partial charge in [-0.05, 0) is 50.3 Å². The molecule has 2 unspecified atom stereocenters. The monoisotopic (exact) mass is 362 g/mol. The molecule has 1 aliphatic carbocycles. The first-order valence-electron chi connectivity index (χ1n) is 8.97. The quantitative estimate of drug-likeness (QED) is 0.809. The van der Waals surface area contributed by atoms with Crippen molar-refractivity contribution in [2.45, 2.75) is 50.0 Å². The van der Waals surface area contributed by atoms with E-state index >= 15 is 0 Å². The number of sulfonamides is 1. The van der Waals surface area contributed by atoms with Gasteiger partial charge in [0.05, 0.1) is 5.56 Å². The minimum Gasteiger partial charge on any atom is -0.335 e. The molecule has 134 valence electrons. The first-order chi connectivity index (χ1) is 11.9. The molecule has 2 aliphatic heterocycles. The van der Waals surface area contributed by atoms with Gasteiger partial charge in [-0.15, -0.1) is 0 Å². The molecule has 2 fully saturated rings. The summed E-state index contributed by atoms with van der Waals surface area (Å²) >= 11 is 0. The van der Waals surface area contributed by atoms with Crippen molar-refractivity contribution in [1.82, 2.24) is 9.21 Å². The molecule has 2 amide bonds. The molecule has 25 heavy (non-hydrogen) atoms. The summed E-state index contributed by atoms with van der Waals surface area (Å²) in [6.45, 7) is 2.45. The van der Waals surface area contributed by atoms with Crippen molar-refractivity contribution in [3.63, 3.8) is 0 Å². The summed E-state index contributed by atoms with van der Waals surface area (Å²) in [5.74, 6) is -0.0483. The molecule has 0 bridgehead atoms. The summed E-state index contributed by atoms with van der Waals surface area (Å²) in [6, 6.07) is 4.73. The Kier molecular flexibility index (Phi) is 3.86. The minimum absolute atomic E-state index is 0.0374. The smallest absolute Gasteiger partial charge is 0.268 e. The summed E-state index contributed by atoms with van der Waals surface area (Å²) in [6.07, 6.45) is 5.61. The van der Waals surface area contributed by atoms with Crippen molar-refractivity contribution in [3.05, 3.63) is 29.3 Å². The molecule has 0 spiro atoms. The summed E-state index contributed by atoms with van der Waals surface area (Å²) in [7, 11) is -3.84. The van der Waals surface area contributed by atoms with Gasteiger partial charge in [-0.25, -0.2) is 12.7 Å². The Morgan fingerprint density at radius 3 is 2.72 bits per heavy atom. The van der Waals surface area contributed by atoms with Crippen molar-refractivity contribution >= 4 is 21.8 Å². The van der Waals surface area contributed by atoms with Gasteiger partial charge in [-0.1, -0.05) is 12.8 Å². The molecule has 4 rings (SSSR count). The molecule has 0 aromatic heterocycles. The third-order valence-corrected chi connectivity index (χ3v) is 7.71. The maximum atomic E-state index is 13.0. The van der Waals surface area contributed by atoms with Gasteiger partial charge in [0, 0.05) is 24.7 Å². The predicted molar refractivity (Wildman–Crippen MR) is 91.7 cm³/mol. The van der Waals surface area contributed by atoms with E-state index in [1.807, 2.05) is 4.90 Å². The normalized spacial score (nSPS) is 27.3. The van der Waals surface area contributed by atoms with E-state index in [1.54, 1.807) is 13.0 Å². The molecule has 1 aromatic rings. The zero-order valence-corrected chi connectivity index (χ0v) is 15.1. The van der Waals surface area contributed by atoms with Crippen LogP contribution < -0.4 is 0 Å². The minimum atomic E-state index is -3.84. The Hall–Kier alpha value is -1.89. The lowest BCUT2D eigenvalue weighted by Crippen LogP contribution is -2.39.